The third kappa shape index (κ3) is 3.42. The predicted octanol–water partition coefficient (Wildman–Crippen LogP) is 1.82. The van der Waals surface area contributed by atoms with Crippen LogP contribution in [-0.2, 0) is 0 Å². The Balaban J connectivity index is 2.62. The average molecular weight is 206 g/mol. The highest BCUT2D eigenvalue weighted by Gasteiger charge is 2.03. The van der Waals surface area contributed by atoms with Gasteiger partial charge in [0.2, 0.25) is 0 Å². The Kier molecular flexibility index (Phi) is 4.34. The molecule has 1 aromatic rings. The molecule has 4 nitrogen and oxygen atoms in total. The van der Waals surface area contributed by atoms with E-state index in [9.17, 15) is 4.79 Å². The Hall–Kier alpha value is -1.84. The number of carbonyl (C=O) groups excluding carboxylic acids is 1. The van der Waals surface area contributed by atoms with Gasteiger partial charge in [-0.3, -0.25) is 4.79 Å². The molecule has 4 heteroatoms. The van der Waals surface area contributed by atoms with Gasteiger partial charge < -0.3 is 4.74 Å². The SMILES string of the molecule is CC/C=N/NC(=O)c1ccc(OC)cc1. The van der Waals surface area contributed by atoms with Gasteiger partial charge in [-0.15, -0.1) is 0 Å². The zero-order valence-corrected chi connectivity index (χ0v) is 8.86. The second-order valence-corrected chi connectivity index (χ2v) is 2.89. The molecular formula is C11H14N2O2. The standard InChI is InChI=1S/C11H14N2O2/c1-3-8-12-13-11(14)9-4-6-10(15-2)7-5-9/h4-8H,3H2,1-2H3,(H,13,14)/b12-8+. The number of nitrogens with one attached hydrogen (secondary N) is 1. The topological polar surface area (TPSA) is 50.7 Å². The van der Waals surface area contributed by atoms with Crippen molar-refractivity contribution in [3.8, 4) is 5.75 Å². The first-order valence-electron chi connectivity index (χ1n) is 4.74. The van der Waals surface area contributed by atoms with Gasteiger partial charge in [0.05, 0.1) is 7.11 Å². The lowest BCUT2D eigenvalue weighted by Gasteiger charge is -2.01. The van der Waals surface area contributed by atoms with E-state index in [1.165, 1.54) is 0 Å². The van der Waals surface area contributed by atoms with Crippen LogP contribution in [0.4, 0.5) is 0 Å². The Morgan fingerprint density at radius 3 is 2.67 bits per heavy atom. The smallest absolute Gasteiger partial charge is 0.271 e. The molecular weight excluding hydrogens is 192 g/mol. The van der Waals surface area contributed by atoms with E-state index >= 15 is 0 Å². The summed E-state index contributed by atoms with van der Waals surface area (Å²) in [5, 5.41) is 3.75. The van der Waals surface area contributed by atoms with Crippen molar-refractivity contribution >= 4 is 12.1 Å². The van der Waals surface area contributed by atoms with Crippen molar-refractivity contribution in [2.45, 2.75) is 13.3 Å². The molecule has 1 aromatic carbocycles. The lowest BCUT2D eigenvalue weighted by molar-refractivity contribution is 0.0955. The summed E-state index contributed by atoms with van der Waals surface area (Å²) >= 11 is 0. The van der Waals surface area contributed by atoms with E-state index in [2.05, 4.69) is 10.5 Å². The molecule has 0 aromatic heterocycles. The molecule has 0 atom stereocenters. The lowest BCUT2D eigenvalue weighted by Crippen LogP contribution is -2.17. The van der Waals surface area contributed by atoms with Gasteiger partial charge in [-0.25, -0.2) is 5.43 Å². The summed E-state index contributed by atoms with van der Waals surface area (Å²) in [5.74, 6) is 0.506. The van der Waals surface area contributed by atoms with Crippen LogP contribution in [-0.4, -0.2) is 19.2 Å². The van der Waals surface area contributed by atoms with E-state index in [-0.39, 0.29) is 5.91 Å². The molecule has 0 heterocycles. The average Bonchev–Trinajstić information content (AvgIpc) is 2.29. The molecule has 0 aliphatic heterocycles. The highest BCUT2D eigenvalue weighted by atomic mass is 16.5. The molecule has 0 unspecified atom stereocenters. The minimum absolute atomic E-state index is 0.220. The monoisotopic (exact) mass is 206 g/mol. The van der Waals surface area contributed by atoms with Crippen LogP contribution in [0.3, 0.4) is 0 Å². The van der Waals surface area contributed by atoms with Crippen LogP contribution >= 0.6 is 0 Å². The number of amides is 1. The van der Waals surface area contributed by atoms with Gasteiger partial charge in [-0.2, -0.15) is 5.10 Å². The van der Waals surface area contributed by atoms with E-state index < -0.39 is 0 Å². The van der Waals surface area contributed by atoms with Crippen molar-refractivity contribution < 1.29 is 9.53 Å². The van der Waals surface area contributed by atoms with Crippen molar-refractivity contribution in [3.63, 3.8) is 0 Å². The Morgan fingerprint density at radius 1 is 1.47 bits per heavy atom. The summed E-state index contributed by atoms with van der Waals surface area (Å²) in [4.78, 5) is 11.5. The maximum Gasteiger partial charge on any atom is 0.271 e. The van der Waals surface area contributed by atoms with Crippen LogP contribution in [0.5, 0.6) is 5.75 Å². The van der Waals surface area contributed by atoms with Crippen LogP contribution in [0, 0.1) is 0 Å². The normalized spacial score (nSPS) is 10.3. The summed E-state index contributed by atoms with van der Waals surface area (Å²) in [6, 6.07) is 6.85. The first-order valence-corrected chi connectivity index (χ1v) is 4.74. The second kappa shape index (κ2) is 5.80. The highest BCUT2D eigenvalue weighted by molar-refractivity contribution is 5.94. The molecule has 0 aliphatic rings. The minimum Gasteiger partial charge on any atom is -0.497 e. The first-order chi connectivity index (χ1) is 7.27. The van der Waals surface area contributed by atoms with Gasteiger partial charge in [0.1, 0.15) is 5.75 Å². The summed E-state index contributed by atoms with van der Waals surface area (Å²) < 4.78 is 4.99. The summed E-state index contributed by atoms with van der Waals surface area (Å²) in [6.07, 6.45) is 2.43. The van der Waals surface area contributed by atoms with Gasteiger partial charge >= 0.3 is 0 Å². The Labute approximate surface area is 88.9 Å². The fraction of sp³-hybridized carbons (Fsp3) is 0.273. The van der Waals surface area contributed by atoms with Crippen LogP contribution in [0.1, 0.15) is 23.7 Å². The molecule has 0 saturated heterocycles. The fourth-order valence-corrected chi connectivity index (χ4v) is 1.00. The maximum atomic E-state index is 11.5. The van der Waals surface area contributed by atoms with Crippen molar-refractivity contribution in [2.75, 3.05) is 7.11 Å². The molecule has 0 bridgehead atoms. The van der Waals surface area contributed by atoms with Gasteiger partial charge in [0.15, 0.2) is 0 Å². The Morgan fingerprint density at radius 2 is 2.13 bits per heavy atom. The molecule has 0 radical (unpaired) electrons. The van der Waals surface area contributed by atoms with E-state index in [4.69, 9.17) is 4.74 Å². The second-order valence-electron chi connectivity index (χ2n) is 2.89. The van der Waals surface area contributed by atoms with E-state index in [1.54, 1.807) is 37.6 Å². The Bertz CT molecular complexity index is 344. The molecule has 1 N–H and O–H groups in total. The molecule has 0 spiro atoms. The third-order valence-corrected chi connectivity index (χ3v) is 1.79. The molecule has 0 aliphatic carbocycles. The van der Waals surface area contributed by atoms with Gasteiger partial charge in [-0.1, -0.05) is 6.92 Å². The van der Waals surface area contributed by atoms with Crippen LogP contribution in [0.15, 0.2) is 29.4 Å². The quantitative estimate of drug-likeness (QED) is 0.603. The number of hydrazone groups is 1. The largest absolute Gasteiger partial charge is 0.497 e. The summed E-state index contributed by atoms with van der Waals surface area (Å²) in [6.45, 7) is 1.95. The number of hydrogen-bond acceptors (Lipinski definition) is 3. The highest BCUT2D eigenvalue weighted by Crippen LogP contribution is 2.10. The number of carbonyl (C=O) groups is 1. The number of benzene rings is 1. The number of rotatable bonds is 4. The number of methoxy groups -OCH3 is 1. The van der Waals surface area contributed by atoms with Gasteiger partial charge in [-0.05, 0) is 30.7 Å². The third-order valence-electron chi connectivity index (χ3n) is 1.79. The minimum atomic E-state index is -0.220. The summed E-state index contributed by atoms with van der Waals surface area (Å²) in [7, 11) is 1.58. The lowest BCUT2D eigenvalue weighted by atomic mass is 10.2. The van der Waals surface area contributed by atoms with Gasteiger partial charge in [0.25, 0.3) is 5.91 Å². The van der Waals surface area contributed by atoms with Crippen LogP contribution in [0.2, 0.25) is 0 Å². The van der Waals surface area contributed by atoms with Crippen LogP contribution < -0.4 is 10.2 Å². The molecule has 15 heavy (non-hydrogen) atoms. The fourth-order valence-electron chi connectivity index (χ4n) is 1.00. The first kappa shape index (κ1) is 11.2. The summed E-state index contributed by atoms with van der Waals surface area (Å²) in [5.41, 5.74) is 2.99. The predicted molar refractivity (Wildman–Crippen MR) is 59.2 cm³/mol. The van der Waals surface area contributed by atoms with E-state index in [0.717, 1.165) is 12.2 Å². The molecule has 0 fully saturated rings. The van der Waals surface area contributed by atoms with E-state index in [1.807, 2.05) is 6.92 Å². The maximum absolute atomic E-state index is 11.5. The van der Waals surface area contributed by atoms with Crippen molar-refractivity contribution in [1.82, 2.24) is 5.43 Å². The molecule has 80 valence electrons. The molecule has 1 amide bonds. The number of ether oxygens (including phenoxy) is 1. The van der Waals surface area contributed by atoms with Crippen molar-refractivity contribution in [3.05, 3.63) is 29.8 Å². The van der Waals surface area contributed by atoms with E-state index in [0.29, 0.717) is 5.56 Å². The van der Waals surface area contributed by atoms with Crippen molar-refractivity contribution in [1.29, 1.82) is 0 Å². The number of nitrogens with zero attached hydrogens (tertiary/aromatic N) is 1. The molecule has 0 saturated carbocycles. The van der Waals surface area contributed by atoms with Gasteiger partial charge in [0, 0.05) is 11.8 Å². The molecule has 1 rings (SSSR count). The van der Waals surface area contributed by atoms with Crippen molar-refractivity contribution in [2.24, 2.45) is 5.10 Å². The van der Waals surface area contributed by atoms with Crippen LogP contribution in [0.25, 0.3) is 0 Å². The zero-order valence-electron chi connectivity index (χ0n) is 8.86. The zero-order chi connectivity index (χ0) is 11.1. The number of hydrogen-bond donors (Lipinski definition) is 1.